The normalized spacial score (nSPS) is 30.8. The first-order valence-electron chi connectivity index (χ1n) is 8.89. The predicted octanol–water partition coefficient (Wildman–Crippen LogP) is 2.46. The molecule has 2 atom stereocenters. The Morgan fingerprint density at radius 1 is 1.35 bits per heavy atom. The zero-order chi connectivity index (χ0) is 15.9. The van der Waals surface area contributed by atoms with Crippen molar-refractivity contribution in [3.05, 3.63) is 35.4 Å². The van der Waals surface area contributed by atoms with E-state index in [0.29, 0.717) is 6.10 Å². The van der Waals surface area contributed by atoms with Gasteiger partial charge in [0, 0.05) is 43.9 Å². The molecule has 4 rings (SSSR count). The molecular formula is C19H26N2O2. The first kappa shape index (κ1) is 15.2. The summed E-state index contributed by atoms with van der Waals surface area (Å²) in [5.41, 5.74) is 2.20. The number of hydrogen-bond donors (Lipinski definition) is 0. The fourth-order valence-electron chi connectivity index (χ4n) is 4.36. The third-order valence-corrected chi connectivity index (χ3v) is 5.85. The highest BCUT2D eigenvalue weighted by Gasteiger charge is 2.50. The van der Waals surface area contributed by atoms with E-state index in [2.05, 4.69) is 9.80 Å². The maximum Gasteiger partial charge on any atom is 0.253 e. The van der Waals surface area contributed by atoms with Gasteiger partial charge in [-0.2, -0.15) is 0 Å². The summed E-state index contributed by atoms with van der Waals surface area (Å²) in [6.07, 6.45) is 5.13. The first-order chi connectivity index (χ1) is 11.2. The van der Waals surface area contributed by atoms with Crippen molar-refractivity contribution in [2.75, 3.05) is 32.8 Å². The van der Waals surface area contributed by atoms with Crippen molar-refractivity contribution >= 4 is 5.91 Å². The monoisotopic (exact) mass is 314 g/mol. The van der Waals surface area contributed by atoms with Gasteiger partial charge < -0.3 is 9.64 Å². The van der Waals surface area contributed by atoms with E-state index in [-0.39, 0.29) is 11.4 Å². The lowest BCUT2D eigenvalue weighted by Crippen LogP contribution is -2.63. The zero-order valence-corrected chi connectivity index (χ0v) is 14.0. The highest BCUT2D eigenvalue weighted by Crippen LogP contribution is 2.40. The van der Waals surface area contributed by atoms with E-state index in [0.717, 1.165) is 50.3 Å². The van der Waals surface area contributed by atoms with Crippen LogP contribution in [0.4, 0.5) is 0 Å². The Kier molecular flexibility index (Phi) is 3.90. The van der Waals surface area contributed by atoms with E-state index in [9.17, 15) is 4.79 Å². The maximum absolute atomic E-state index is 12.8. The van der Waals surface area contributed by atoms with Gasteiger partial charge in [0.15, 0.2) is 0 Å². The van der Waals surface area contributed by atoms with Crippen LogP contribution in [0.25, 0.3) is 0 Å². The molecule has 3 heterocycles. The van der Waals surface area contributed by atoms with Crippen LogP contribution < -0.4 is 0 Å². The second kappa shape index (κ2) is 5.91. The quantitative estimate of drug-likeness (QED) is 0.859. The molecule has 3 aliphatic rings. The van der Waals surface area contributed by atoms with Gasteiger partial charge >= 0.3 is 0 Å². The van der Waals surface area contributed by atoms with Gasteiger partial charge in [0.25, 0.3) is 5.91 Å². The number of hydrogen-bond acceptors (Lipinski definition) is 3. The molecule has 0 saturated carbocycles. The molecule has 0 N–H and O–H groups in total. The molecule has 1 aromatic carbocycles. The van der Waals surface area contributed by atoms with E-state index in [1.807, 2.05) is 31.2 Å². The molecule has 1 amide bonds. The van der Waals surface area contributed by atoms with Gasteiger partial charge in [-0.1, -0.05) is 17.7 Å². The van der Waals surface area contributed by atoms with Crippen LogP contribution in [-0.2, 0) is 4.74 Å². The number of nitrogens with zero attached hydrogens (tertiary/aromatic N) is 2. The Balaban J connectivity index is 1.41. The average molecular weight is 314 g/mol. The fraction of sp³-hybridized carbons (Fsp3) is 0.632. The van der Waals surface area contributed by atoms with E-state index in [1.54, 1.807) is 0 Å². The zero-order valence-electron chi connectivity index (χ0n) is 14.0. The van der Waals surface area contributed by atoms with Crippen molar-refractivity contribution in [2.45, 2.75) is 44.2 Å². The molecule has 0 aliphatic carbocycles. The lowest BCUT2D eigenvalue weighted by Gasteiger charge is -2.51. The standard InChI is InChI=1S/C19H26N2O2/c1-15-4-2-5-16(12-15)18(22)20-9-7-19(14-20)8-10-21(19)13-17-6-3-11-23-17/h2,4-5,12,17H,3,6-11,13-14H2,1H3/t17-,19-/m1/s1. The SMILES string of the molecule is Cc1cccc(C(=O)N2CC[C@@]3(CCN3C[C@H]3CCCO3)C2)c1. The summed E-state index contributed by atoms with van der Waals surface area (Å²) in [7, 11) is 0. The molecule has 3 aliphatic heterocycles. The van der Waals surface area contributed by atoms with E-state index < -0.39 is 0 Å². The molecular weight excluding hydrogens is 288 g/mol. The number of aryl methyl sites for hydroxylation is 1. The van der Waals surface area contributed by atoms with Gasteiger partial charge in [0.2, 0.25) is 0 Å². The molecule has 0 unspecified atom stereocenters. The van der Waals surface area contributed by atoms with Gasteiger partial charge in [0.05, 0.1) is 6.10 Å². The Morgan fingerprint density at radius 2 is 2.22 bits per heavy atom. The van der Waals surface area contributed by atoms with Crippen molar-refractivity contribution in [1.29, 1.82) is 0 Å². The minimum atomic E-state index is 0.189. The van der Waals surface area contributed by atoms with Crippen LogP contribution in [0, 0.1) is 6.92 Å². The molecule has 0 radical (unpaired) electrons. The van der Waals surface area contributed by atoms with E-state index in [4.69, 9.17) is 4.74 Å². The summed E-state index contributed by atoms with van der Waals surface area (Å²) in [6.45, 7) is 6.93. The third kappa shape index (κ3) is 2.79. The number of carbonyl (C=O) groups is 1. The molecule has 3 saturated heterocycles. The van der Waals surface area contributed by atoms with Crippen molar-refractivity contribution in [2.24, 2.45) is 0 Å². The summed E-state index contributed by atoms with van der Waals surface area (Å²) in [5.74, 6) is 0.189. The number of carbonyl (C=O) groups excluding carboxylic acids is 1. The van der Waals surface area contributed by atoms with Crippen molar-refractivity contribution in [3.63, 3.8) is 0 Å². The highest BCUT2D eigenvalue weighted by atomic mass is 16.5. The molecule has 3 fully saturated rings. The van der Waals surface area contributed by atoms with Crippen LogP contribution in [-0.4, -0.2) is 60.1 Å². The minimum absolute atomic E-state index is 0.189. The lowest BCUT2D eigenvalue weighted by molar-refractivity contribution is -0.0419. The van der Waals surface area contributed by atoms with Gasteiger partial charge in [-0.05, 0) is 44.7 Å². The molecule has 4 nitrogen and oxygen atoms in total. The fourth-order valence-corrected chi connectivity index (χ4v) is 4.36. The van der Waals surface area contributed by atoms with Crippen LogP contribution in [0.15, 0.2) is 24.3 Å². The Morgan fingerprint density at radius 3 is 2.91 bits per heavy atom. The van der Waals surface area contributed by atoms with Gasteiger partial charge in [-0.3, -0.25) is 9.69 Å². The third-order valence-electron chi connectivity index (χ3n) is 5.85. The Hall–Kier alpha value is -1.39. The van der Waals surface area contributed by atoms with Crippen molar-refractivity contribution in [1.82, 2.24) is 9.80 Å². The molecule has 23 heavy (non-hydrogen) atoms. The molecule has 124 valence electrons. The summed E-state index contributed by atoms with van der Waals surface area (Å²) in [6, 6.07) is 7.95. The van der Waals surface area contributed by atoms with Crippen LogP contribution in [0.1, 0.15) is 41.6 Å². The van der Waals surface area contributed by atoms with E-state index in [1.165, 1.54) is 19.3 Å². The average Bonchev–Trinajstić information content (AvgIpc) is 3.21. The summed E-state index contributed by atoms with van der Waals surface area (Å²) >= 11 is 0. The van der Waals surface area contributed by atoms with E-state index >= 15 is 0 Å². The smallest absolute Gasteiger partial charge is 0.253 e. The lowest BCUT2D eigenvalue weighted by atomic mass is 9.83. The number of rotatable bonds is 3. The number of benzene rings is 1. The van der Waals surface area contributed by atoms with Crippen LogP contribution in [0.2, 0.25) is 0 Å². The summed E-state index contributed by atoms with van der Waals surface area (Å²) in [5, 5.41) is 0. The number of likely N-dealkylation sites (tertiary alicyclic amines) is 2. The topological polar surface area (TPSA) is 32.8 Å². The Bertz CT molecular complexity index is 597. The van der Waals surface area contributed by atoms with Gasteiger partial charge in [-0.15, -0.1) is 0 Å². The maximum atomic E-state index is 12.8. The minimum Gasteiger partial charge on any atom is -0.377 e. The molecule has 1 aromatic rings. The number of ether oxygens (including phenoxy) is 1. The highest BCUT2D eigenvalue weighted by molar-refractivity contribution is 5.94. The van der Waals surface area contributed by atoms with Crippen LogP contribution in [0.3, 0.4) is 0 Å². The van der Waals surface area contributed by atoms with Crippen LogP contribution >= 0.6 is 0 Å². The van der Waals surface area contributed by atoms with Gasteiger partial charge in [0.1, 0.15) is 0 Å². The molecule has 0 aromatic heterocycles. The second-order valence-corrected chi connectivity index (χ2v) is 7.40. The second-order valence-electron chi connectivity index (χ2n) is 7.40. The largest absolute Gasteiger partial charge is 0.377 e. The molecule has 0 bridgehead atoms. The predicted molar refractivity (Wildman–Crippen MR) is 89.6 cm³/mol. The van der Waals surface area contributed by atoms with Crippen LogP contribution in [0.5, 0.6) is 0 Å². The Labute approximate surface area is 138 Å². The van der Waals surface area contributed by atoms with Crippen molar-refractivity contribution in [3.8, 4) is 0 Å². The van der Waals surface area contributed by atoms with Gasteiger partial charge in [-0.25, -0.2) is 0 Å². The summed E-state index contributed by atoms with van der Waals surface area (Å²) in [4.78, 5) is 17.4. The van der Waals surface area contributed by atoms with Crippen molar-refractivity contribution < 1.29 is 9.53 Å². The molecule has 1 spiro atoms. The number of amides is 1. The molecule has 4 heteroatoms. The summed E-state index contributed by atoms with van der Waals surface area (Å²) < 4.78 is 5.80. The first-order valence-corrected chi connectivity index (χ1v) is 8.89.